The van der Waals surface area contributed by atoms with Crippen molar-refractivity contribution < 1.29 is 18.8 Å². The Morgan fingerprint density at radius 1 is 1.06 bits per heavy atom. The minimum atomic E-state index is -0.505. The lowest BCUT2D eigenvalue weighted by molar-refractivity contribution is -0.122. The van der Waals surface area contributed by atoms with Crippen LogP contribution >= 0.6 is 0 Å². The molecule has 5 N–H and O–H groups in total. The number of carbonyl (C=O) groups excluding carboxylic acids is 3. The van der Waals surface area contributed by atoms with E-state index in [0.29, 0.717) is 12.2 Å². The zero-order chi connectivity index (χ0) is 22.2. The number of nitrogens with one attached hydrogen (secondary N) is 3. The molecule has 1 aliphatic heterocycles. The van der Waals surface area contributed by atoms with Gasteiger partial charge in [0.15, 0.2) is 0 Å². The molecule has 1 aliphatic rings. The predicted octanol–water partition coefficient (Wildman–Crippen LogP) is 1.71. The second-order valence-corrected chi connectivity index (χ2v) is 7.40. The third-order valence-electron chi connectivity index (χ3n) is 5.13. The average Bonchev–Trinajstić information content (AvgIpc) is 3.22. The number of nitrogens with zero attached hydrogens (tertiary/aromatic N) is 1. The topological polar surface area (TPSA) is 117 Å². The number of carbonyl (C=O) groups is 3. The minimum Gasteiger partial charge on any atom is -0.368 e. The number of hydrogen-bond acceptors (Lipinski definition) is 4. The Morgan fingerprint density at radius 2 is 1.81 bits per heavy atom. The lowest BCUT2D eigenvalue weighted by Gasteiger charge is -2.23. The quantitative estimate of drug-likeness (QED) is 0.513. The van der Waals surface area contributed by atoms with E-state index in [1.807, 2.05) is 17.0 Å². The Morgan fingerprint density at radius 3 is 2.55 bits per heavy atom. The van der Waals surface area contributed by atoms with Crippen LogP contribution in [0.25, 0.3) is 0 Å². The van der Waals surface area contributed by atoms with Crippen molar-refractivity contribution in [3.8, 4) is 0 Å². The fourth-order valence-corrected chi connectivity index (χ4v) is 3.54. The molecule has 4 amide bonds. The first-order valence-electron chi connectivity index (χ1n) is 10.1. The first kappa shape index (κ1) is 22.2. The van der Waals surface area contributed by atoms with Crippen molar-refractivity contribution in [1.29, 1.82) is 0 Å². The summed E-state index contributed by atoms with van der Waals surface area (Å²) in [5, 5.41) is 7.90. The Hall–Kier alpha value is -3.46. The molecule has 3 rings (SSSR count). The number of halogens is 1. The van der Waals surface area contributed by atoms with Gasteiger partial charge in [0.1, 0.15) is 5.82 Å². The number of rotatable bonds is 8. The van der Waals surface area contributed by atoms with Crippen LogP contribution in [0.15, 0.2) is 48.5 Å². The summed E-state index contributed by atoms with van der Waals surface area (Å²) in [6.07, 6.45) is 1.64. The molecule has 1 unspecified atom stereocenters. The van der Waals surface area contributed by atoms with Gasteiger partial charge in [0.05, 0.1) is 12.6 Å². The molecule has 1 heterocycles. The first-order chi connectivity index (χ1) is 14.9. The van der Waals surface area contributed by atoms with Crippen LogP contribution in [0.3, 0.4) is 0 Å². The number of urea groups is 1. The smallest absolute Gasteiger partial charge is 0.315 e. The molecule has 8 nitrogen and oxygen atoms in total. The summed E-state index contributed by atoms with van der Waals surface area (Å²) in [6.45, 7) is 1.27. The lowest BCUT2D eigenvalue weighted by Crippen LogP contribution is -2.40. The summed E-state index contributed by atoms with van der Waals surface area (Å²) in [5.41, 5.74) is 7.71. The van der Waals surface area contributed by atoms with Crippen LogP contribution in [-0.4, -0.2) is 41.9 Å². The zero-order valence-corrected chi connectivity index (χ0v) is 17.1. The van der Waals surface area contributed by atoms with Crippen molar-refractivity contribution in [3.05, 3.63) is 65.5 Å². The molecule has 0 aliphatic carbocycles. The first-order valence-corrected chi connectivity index (χ1v) is 10.1. The number of likely N-dealkylation sites (tertiary alicyclic amines) is 1. The summed E-state index contributed by atoms with van der Waals surface area (Å²) in [7, 11) is 0. The third-order valence-corrected chi connectivity index (χ3v) is 5.13. The van der Waals surface area contributed by atoms with Crippen molar-refractivity contribution in [2.45, 2.75) is 32.0 Å². The monoisotopic (exact) mass is 427 g/mol. The molecule has 31 heavy (non-hydrogen) atoms. The van der Waals surface area contributed by atoms with Gasteiger partial charge in [-0.3, -0.25) is 14.5 Å². The molecule has 2 aromatic carbocycles. The van der Waals surface area contributed by atoms with Crippen LogP contribution in [0.4, 0.5) is 14.9 Å². The number of hydrogen-bond donors (Lipinski definition) is 4. The van der Waals surface area contributed by atoms with E-state index < -0.39 is 6.03 Å². The minimum absolute atomic E-state index is 0.211. The highest BCUT2D eigenvalue weighted by atomic mass is 19.1. The Balaban J connectivity index is 1.48. The molecule has 164 valence electrons. The number of benzene rings is 2. The van der Waals surface area contributed by atoms with Crippen molar-refractivity contribution in [3.63, 3.8) is 0 Å². The van der Waals surface area contributed by atoms with E-state index in [1.54, 1.807) is 24.3 Å². The van der Waals surface area contributed by atoms with E-state index in [1.165, 1.54) is 12.1 Å². The van der Waals surface area contributed by atoms with Crippen molar-refractivity contribution in [2.75, 3.05) is 18.4 Å². The summed E-state index contributed by atoms with van der Waals surface area (Å²) in [5.74, 6) is -1.06. The molecular weight excluding hydrogens is 401 g/mol. The molecule has 0 spiro atoms. The SMILES string of the molecule is NC(=O)C1CCCN1Cc1ccccc1NC(=O)CNC(=O)NCc1ccc(F)cc1. The van der Waals surface area contributed by atoms with Gasteiger partial charge < -0.3 is 21.7 Å². The van der Waals surface area contributed by atoms with Crippen LogP contribution < -0.4 is 21.7 Å². The second kappa shape index (κ2) is 10.5. The lowest BCUT2D eigenvalue weighted by atomic mass is 10.1. The van der Waals surface area contributed by atoms with Crippen molar-refractivity contribution in [2.24, 2.45) is 5.73 Å². The van der Waals surface area contributed by atoms with E-state index in [0.717, 1.165) is 30.5 Å². The number of anilines is 1. The van der Waals surface area contributed by atoms with Gasteiger partial charge in [-0.15, -0.1) is 0 Å². The molecule has 1 atom stereocenters. The fraction of sp³-hybridized carbons (Fsp3) is 0.318. The van der Waals surface area contributed by atoms with Crippen LogP contribution in [0.2, 0.25) is 0 Å². The van der Waals surface area contributed by atoms with E-state index >= 15 is 0 Å². The summed E-state index contributed by atoms with van der Waals surface area (Å²) in [4.78, 5) is 37.8. The Kier molecular flexibility index (Phi) is 7.55. The van der Waals surface area contributed by atoms with Gasteiger partial charge in [-0.05, 0) is 48.7 Å². The molecule has 2 aromatic rings. The van der Waals surface area contributed by atoms with E-state index in [9.17, 15) is 18.8 Å². The maximum atomic E-state index is 12.9. The summed E-state index contributed by atoms with van der Waals surface area (Å²) < 4.78 is 12.9. The van der Waals surface area contributed by atoms with E-state index in [-0.39, 0.29) is 36.8 Å². The maximum absolute atomic E-state index is 12.9. The van der Waals surface area contributed by atoms with Crippen LogP contribution in [0.5, 0.6) is 0 Å². The third kappa shape index (κ3) is 6.51. The molecule has 0 bridgehead atoms. The maximum Gasteiger partial charge on any atom is 0.315 e. The van der Waals surface area contributed by atoms with Gasteiger partial charge in [-0.1, -0.05) is 30.3 Å². The Bertz CT molecular complexity index is 935. The van der Waals surface area contributed by atoms with Gasteiger partial charge >= 0.3 is 6.03 Å². The highest BCUT2D eigenvalue weighted by molar-refractivity contribution is 5.94. The molecule has 9 heteroatoms. The van der Waals surface area contributed by atoms with Gasteiger partial charge in [0.25, 0.3) is 0 Å². The van der Waals surface area contributed by atoms with Crippen molar-refractivity contribution in [1.82, 2.24) is 15.5 Å². The van der Waals surface area contributed by atoms with Gasteiger partial charge in [-0.2, -0.15) is 0 Å². The normalized spacial score (nSPS) is 16.0. The molecule has 0 aromatic heterocycles. The predicted molar refractivity (Wildman–Crippen MR) is 114 cm³/mol. The molecule has 1 saturated heterocycles. The number of para-hydroxylation sites is 1. The van der Waals surface area contributed by atoms with Gasteiger partial charge in [-0.25, -0.2) is 9.18 Å². The van der Waals surface area contributed by atoms with E-state index in [2.05, 4.69) is 16.0 Å². The fourth-order valence-electron chi connectivity index (χ4n) is 3.54. The number of primary amides is 1. The van der Waals surface area contributed by atoms with Crippen molar-refractivity contribution >= 4 is 23.5 Å². The van der Waals surface area contributed by atoms with Gasteiger partial charge in [0.2, 0.25) is 11.8 Å². The summed E-state index contributed by atoms with van der Waals surface area (Å²) >= 11 is 0. The van der Waals surface area contributed by atoms with Gasteiger partial charge in [0, 0.05) is 18.8 Å². The van der Waals surface area contributed by atoms with E-state index in [4.69, 9.17) is 5.73 Å². The zero-order valence-electron chi connectivity index (χ0n) is 17.1. The standard InChI is InChI=1S/C22H26FN5O3/c23-17-9-7-15(8-10-17)12-25-22(31)26-13-20(29)27-18-5-2-1-4-16(18)14-28-11-3-6-19(28)21(24)30/h1-2,4-5,7-10,19H,3,6,11-14H2,(H2,24,30)(H,27,29)(H2,25,26,31). The number of amides is 4. The molecular formula is C22H26FN5O3. The highest BCUT2D eigenvalue weighted by Gasteiger charge is 2.29. The molecule has 0 radical (unpaired) electrons. The highest BCUT2D eigenvalue weighted by Crippen LogP contribution is 2.23. The molecule has 0 saturated carbocycles. The number of nitrogens with two attached hydrogens (primary N) is 1. The Labute approximate surface area is 180 Å². The van der Waals surface area contributed by atoms with Crippen LogP contribution in [-0.2, 0) is 22.7 Å². The average molecular weight is 427 g/mol. The largest absolute Gasteiger partial charge is 0.368 e. The van der Waals surface area contributed by atoms with Crippen LogP contribution in [0.1, 0.15) is 24.0 Å². The van der Waals surface area contributed by atoms with Crippen LogP contribution in [0, 0.1) is 5.82 Å². The summed E-state index contributed by atoms with van der Waals surface area (Å²) in [6, 6.07) is 12.3. The second-order valence-electron chi connectivity index (χ2n) is 7.40. The molecule has 1 fully saturated rings.